The normalized spacial score (nSPS) is 11.5. The van der Waals surface area contributed by atoms with Crippen molar-refractivity contribution in [2.75, 3.05) is 4.90 Å². The predicted octanol–water partition coefficient (Wildman–Crippen LogP) is 18.0. The van der Waals surface area contributed by atoms with Gasteiger partial charge in [0.15, 0.2) is 0 Å². The third-order valence-corrected chi connectivity index (χ3v) is 16.6. The van der Waals surface area contributed by atoms with Crippen LogP contribution in [0.2, 0.25) is 0 Å². The Balaban J connectivity index is 0.000000163. The van der Waals surface area contributed by atoms with Crippen LogP contribution in [0.3, 0.4) is 0 Å². The van der Waals surface area contributed by atoms with Gasteiger partial charge in [0.2, 0.25) is 5.91 Å². The fraction of sp³-hybridized carbons (Fsp3) is 0.0375. The molecule has 2 aliphatic rings. The first-order valence-corrected chi connectivity index (χ1v) is 28.5. The van der Waals surface area contributed by atoms with E-state index in [1.165, 1.54) is 72.4 Å². The molecule has 0 radical (unpaired) electrons. The van der Waals surface area contributed by atoms with Crippen molar-refractivity contribution in [3.05, 3.63) is 314 Å². The molecule has 0 spiro atoms. The number of carbonyl (C=O) groups excluding carboxylic acids is 1. The Morgan fingerprint density at radius 2 is 0.640 bits per heavy atom. The number of amides is 1. The zero-order chi connectivity index (χ0) is 55.4. The average molecular weight is 1130 g/mol. The van der Waals surface area contributed by atoms with Crippen molar-refractivity contribution in [1.29, 1.82) is 0 Å². The number of rotatable bonds is 6. The number of fused-ring (bicyclic) bond motifs is 14. The molecule has 14 aromatic rings. The van der Waals surface area contributed by atoms with Crippen molar-refractivity contribution in [1.82, 2.24) is 9.13 Å². The molecule has 6 heteroatoms. The van der Waals surface area contributed by atoms with Crippen LogP contribution >= 0.6 is 0 Å². The number of anilines is 2. The summed E-state index contributed by atoms with van der Waals surface area (Å²) < 4.78 is 4.90. The molecule has 0 unspecified atom stereocenters. The van der Waals surface area contributed by atoms with Crippen LogP contribution in [-0.4, -0.2) is 20.5 Å². The molecule has 1 N–H and O–H groups in total. The fourth-order valence-corrected chi connectivity index (χ4v) is 13.0. The van der Waals surface area contributed by atoms with Crippen LogP contribution in [0.25, 0.3) is 122 Å². The first-order valence-electron chi connectivity index (χ1n) is 28.5. The molecular weight excluding hydrogens is 1070 g/mol. The molecule has 1 aliphatic carbocycles. The largest absolute Gasteiger partial charge is 1.00 e. The monoisotopic (exact) mass is 1130 g/mol. The molecule has 12 aromatic carbocycles. The zero-order valence-corrected chi connectivity index (χ0v) is 50.4. The summed E-state index contributed by atoms with van der Waals surface area (Å²) in [6.45, 7) is 1.64. The smallest absolute Gasteiger partial charge is 0.870 e. The van der Waals surface area contributed by atoms with E-state index in [9.17, 15) is 4.79 Å². The summed E-state index contributed by atoms with van der Waals surface area (Å²) in [6, 6.07) is 108. The van der Waals surface area contributed by atoms with Crippen molar-refractivity contribution >= 4 is 39.1 Å². The number of hydrogen-bond donors (Lipinski definition) is 0. The molecule has 0 atom stereocenters. The van der Waals surface area contributed by atoms with Gasteiger partial charge in [0.05, 0.1) is 33.8 Å². The van der Waals surface area contributed by atoms with E-state index < -0.39 is 0 Å². The van der Waals surface area contributed by atoms with E-state index in [0.717, 1.165) is 79.0 Å². The second-order valence-corrected chi connectivity index (χ2v) is 21.5. The van der Waals surface area contributed by atoms with Gasteiger partial charge in [0.25, 0.3) is 0 Å². The zero-order valence-electron chi connectivity index (χ0n) is 47.3. The molecule has 2 aromatic heterocycles. The molecule has 0 saturated heterocycles. The summed E-state index contributed by atoms with van der Waals surface area (Å²) in [5.41, 5.74) is 28.1. The van der Waals surface area contributed by atoms with E-state index >= 15 is 0 Å². The minimum Gasteiger partial charge on any atom is -0.870 e. The van der Waals surface area contributed by atoms with Gasteiger partial charge >= 0.3 is 51.4 Å². The Bertz CT molecular complexity index is 4680. The molecule has 408 valence electrons. The number of carbonyl (C=O) groups is 1. The van der Waals surface area contributed by atoms with Crippen LogP contribution in [0.5, 0.6) is 0 Å². The summed E-state index contributed by atoms with van der Waals surface area (Å²) >= 11 is 0. The van der Waals surface area contributed by atoms with Crippen LogP contribution in [0.15, 0.2) is 303 Å². The summed E-state index contributed by atoms with van der Waals surface area (Å²) in [7, 11) is 0. The van der Waals surface area contributed by atoms with Gasteiger partial charge in [0, 0.05) is 56.9 Å². The minimum absolute atomic E-state index is 0. The number of para-hydroxylation sites is 4. The third-order valence-electron chi connectivity index (χ3n) is 16.6. The Labute approximate surface area is 545 Å². The Hall–Kier alpha value is -9.21. The van der Waals surface area contributed by atoms with E-state index in [1.54, 1.807) is 6.92 Å². The number of nitrogens with zero attached hydrogens (tertiary/aromatic N) is 3. The maximum atomic E-state index is 13.3. The van der Waals surface area contributed by atoms with E-state index in [2.05, 4.69) is 300 Å². The van der Waals surface area contributed by atoms with Gasteiger partial charge in [0.1, 0.15) is 0 Å². The molecule has 0 bridgehead atoms. The summed E-state index contributed by atoms with van der Waals surface area (Å²) in [5.74, 6) is -0.0154. The first kappa shape index (κ1) is 57.2. The fourth-order valence-electron chi connectivity index (χ4n) is 13.0. The number of hydrogen-bond acceptors (Lipinski definition) is 2. The molecule has 1 amide bonds. The molecule has 0 fully saturated rings. The van der Waals surface area contributed by atoms with Crippen LogP contribution in [0.4, 0.5) is 11.4 Å². The SMILES string of the molecule is C.CC(=O)N1c2ccccc2-c2c(n(-c3cc(-c4ccccc4)cc(-c4ccccc4)c3)c3ccccc23)-c2ccccc21.[K+].[OH-].c1ccc(-c2cc(-c3ccccc3)cc(-n3c4c(c5ccccc53)-c3ccccc3Cc3ccccc3-4)c2)cc1. The molecule has 0 saturated carbocycles. The second-order valence-electron chi connectivity index (χ2n) is 21.5. The number of aromatic nitrogens is 2. The van der Waals surface area contributed by atoms with Crippen LogP contribution in [-0.2, 0) is 11.2 Å². The molecule has 3 heterocycles. The van der Waals surface area contributed by atoms with Gasteiger partial charge in [-0.3, -0.25) is 9.69 Å². The van der Waals surface area contributed by atoms with Gasteiger partial charge in [-0.2, -0.15) is 0 Å². The van der Waals surface area contributed by atoms with Crippen molar-refractivity contribution in [3.8, 4) is 101 Å². The van der Waals surface area contributed by atoms with Gasteiger partial charge in [-0.25, -0.2) is 0 Å². The van der Waals surface area contributed by atoms with Gasteiger partial charge in [-0.05, 0) is 128 Å². The molecule has 86 heavy (non-hydrogen) atoms. The quantitative estimate of drug-likeness (QED) is 0.156. The van der Waals surface area contributed by atoms with E-state index in [0.29, 0.717) is 0 Å². The van der Waals surface area contributed by atoms with Gasteiger partial charge in [-0.15, -0.1) is 0 Å². The van der Waals surface area contributed by atoms with Gasteiger partial charge < -0.3 is 14.6 Å². The van der Waals surface area contributed by atoms with E-state index in [1.807, 2.05) is 17.0 Å². The third kappa shape index (κ3) is 10.1. The molecular formula is C80H60KN3O2. The molecule has 5 nitrogen and oxygen atoms in total. The first-order chi connectivity index (χ1) is 41.0. The maximum absolute atomic E-state index is 13.3. The molecule has 16 rings (SSSR count). The van der Waals surface area contributed by atoms with Crippen LogP contribution < -0.4 is 56.3 Å². The average Bonchev–Trinajstić information content (AvgIpc) is 1.64. The van der Waals surface area contributed by atoms with Crippen molar-refractivity contribution in [2.45, 2.75) is 20.8 Å². The minimum atomic E-state index is -0.0154. The Morgan fingerprint density at radius 1 is 0.326 bits per heavy atom. The van der Waals surface area contributed by atoms with Crippen LogP contribution in [0, 0.1) is 0 Å². The van der Waals surface area contributed by atoms with Crippen molar-refractivity contribution in [3.63, 3.8) is 0 Å². The van der Waals surface area contributed by atoms with Gasteiger partial charge in [-0.1, -0.05) is 250 Å². The summed E-state index contributed by atoms with van der Waals surface area (Å²) in [6.07, 6.45) is 0.925. The predicted molar refractivity (Wildman–Crippen MR) is 354 cm³/mol. The van der Waals surface area contributed by atoms with E-state index in [4.69, 9.17) is 0 Å². The number of benzene rings is 12. The standard InChI is InChI=1S/C40H28N2O.C39H27N.CH4.K.H2O/c1-27(43)41-36-21-11-8-18-33(36)39-34-19-9-12-22-37(34)42(40(39)35-20-10-13-23-38(35)41)32-25-30(28-14-4-2-5-15-28)24-31(26-32)29-16-6-3-7-17-29;1-3-13-27(14-4-1)31-24-32(28-15-5-2-6-16-28)26-33(25-31)40-37-22-12-11-21-36(37)38-34-19-9-7-17-29(34)23-30-18-8-10-20-35(30)39(38)40;;;/h2-26H,1H3;1-22,24-26H,23H2;1H4;;1H2/q;;;+1;/p-1. The summed E-state index contributed by atoms with van der Waals surface area (Å²) in [4.78, 5) is 15.2. The maximum Gasteiger partial charge on any atom is 1.00 e. The summed E-state index contributed by atoms with van der Waals surface area (Å²) in [5, 5.41) is 2.43. The van der Waals surface area contributed by atoms with Crippen molar-refractivity contribution in [2.24, 2.45) is 0 Å². The topological polar surface area (TPSA) is 60.2 Å². The molecule has 1 aliphatic heterocycles. The van der Waals surface area contributed by atoms with E-state index in [-0.39, 0.29) is 70.2 Å². The van der Waals surface area contributed by atoms with Crippen LogP contribution in [0.1, 0.15) is 25.5 Å². The second kappa shape index (κ2) is 24.4. The Morgan fingerprint density at radius 3 is 1.08 bits per heavy atom. The van der Waals surface area contributed by atoms with Crippen molar-refractivity contribution < 1.29 is 61.7 Å². The Kier molecular flexibility index (Phi) is 16.2.